The third-order valence-corrected chi connectivity index (χ3v) is 6.57. The summed E-state index contributed by atoms with van der Waals surface area (Å²) in [5, 5.41) is 18.5. The number of hydrogen-bond acceptors (Lipinski definition) is 7. The summed E-state index contributed by atoms with van der Waals surface area (Å²) in [7, 11) is 0. The molecule has 0 bridgehead atoms. The van der Waals surface area contributed by atoms with Crippen LogP contribution in [0.5, 0.6) is 0 Å². The molecule has 1 atom stereocenters. The highest BCUT2D eigenvalue weighted by Gasteiger charge is 2.24. The average molecular weight is 581 g/mol. The second kappa shape index (κ2) is 12.2. The lowest BCUT2D eigenvalue weighted by atomic mass is 10.0. The number of ether oxygens (including phenoxy) is 1. The van der Waals surface area contributed by atoms with Crippen LogP contribution in [-0.2, 0) is 22.6 Å². The fourth-order valence-electron chi connectivity index (χ4n) is 3.38. The van der Waals surface area contributed by atoms with Gasteiger partial charge in [-0.3, -0.25) is 14.9 Å². The van der Waals surface area contributed by atoms with Crippen molar-refractivity contribution in [2.24, 2.45) is 0 Å². The highest BCUT2D eigenvalue weighted by molar-refractivity contribution is 9.10. The van der Waals surface area contributed by atoms with Crippen molar-refractivity contribution in [1.29, 1.82) is 0 Å². The number of carbonyl (C=O) groups excluding carboxylic acids is 2. The molecule has 0 spiro atoms. The SMILES string of the molecule is O=C(N[C@@H](Cc1ccc([N+](=O)[O-])cc1)C(=O)Nc1nc(-c2ccc(Br)cc2)cs1)OCc1ccccc1. The molecule has 188 valence electrons. The van der Waals surface area contributed by atoms with E-state index in [0.29, 0.717) is 16.4 Å². The van der Waals surface area contributed by atoms with Gasteiger partial charge in [0.15, 0.2) is 5.13 Å². The molecule has 0 unspecified atom stereocenters. The van der Waals surface area contributed by atoms with Gasteiger partial charge in [-0.15, -0.1) is 11.3 Å². The predicted molar refractivity (Wildman–Crippen MR) is 144 cm³/mol. The second-order valence-corrected chi connectivity index (χ2v) is 9.69. The minimum atomic E-state index is -1.01. The van der Waals surface area contributed by atoms with Gasteiger partial charge in [-0.25, -0.2) is 9.78 Å². The normalized spacial score (nSPS) is 11.4. The Balaban J connectivity index is 1.46. The summed E-state index contributed by atoms with van der Waals surface area (Å²) < 4.78 is 6.23. The highest BCUT2D eigenvalue weighted by Crippen LogP contribution is 2.26. The van der Waals surface area contributed by atoms with Gasteiger partial charge in [0.05, 0.1) is 10.6 Å². The molecule has 0 saturated carbocycles. The molecule has 0 saturated heterocycles. The number of benzene rings is 3. The van der Waals surface area contributed by atoms with E-state index < -0.39 is 23.0 Å². The van der Waals surface area contributed by atoms with E-state index in [9.17, 15) is 19.7 Å². The van der Waals surface area contributed by atoms with Gasteiger partial charge < -0.3 is 15.4 Å². The van der Waals surface area contributed by atoms with Crippen molar-refractivity contribution in [3.8, 4) is 11.3 Å². The predicted octanol–water partition coefficient (Wildman–Crippen LogP) is 5.96. The van der Waals surface area contributed by atoms with Crippen molar-refractivity contribution < 1.29 is 19.2 Å². The molecule has 2 amide bonds. The monoisotopic (exact) mass is 580 g/mol. The molecule has 11 heteroatoms. The number of aromatic nitrogens is 1. The van der Waals surface area contributed by atoms with Gasteiger partial charge in [0.1, 0.15) is 12.6 Å². The Bertz CT molecular complexity index is 1380. The quantitative estimate of drug-likeness (QED) is 0.186. The summed E-state index contributed by atoms with van der Waals surface area (Å²) in [6.45, 7) is 0.0432. The number of nitrogens with zero attached hydrogens (tertiary/aromatic N) is 2. The highest BCUT2D eigenvalue weighted by atomic mass is 79.9. The summed E-state index contributed by atoms with van der Waals surface area (Å²) >= 11 is 4.66. The average Bonchev–Trinajstić information content (AvgIpc) is 3.37. The number of nitro groups is 1. The van der Waals surface area contributed by atoms with E-state index in [0.717, 1.165) is 15.6 Å². The van der Waals surface area contributed by atoms with Crippen molar-refractivity contribution in [2.45, 2.75) is 19.1 Å². The molecular weight excluding hydrogens is 560 g/mol. The van der Waals surface area contributed by atoms with Crippen LogP contribution in [0.2, 0.25) is 0 Å². The molecule has 1 aromatic heterocycles. The number of carbonyl (C=O) groups is 2. The molecule has 0 aliphatic carbocycles. The lowest BCUT2D eigenvalue weighted by molar-refractivity contribution is -0.384. The van der Waals surface area contributed by atoms with Gasteiger partial charge in [-0.1, -0.05) is 70.5 Å². The first-order valence-electron chi connectivity index (χ1n) is 11.1. The zero-order valence-corrected chi connectivity index (χ0v) is 21.7. The summed E-state index contributed by atoms with van der Waals surface area (Å²) in [5.74, 6) is -0.494. The van der Waals surface area contributed by atoms with Crippen molar-refractivity contribution >= 4 is 50.1 Å². The number of halogens is 1. The molecular formula is C26H21BrN4O5S. The topological polar surface area (TPSA) is 123 Å². The van der Waals surface area contributed by atoms with Crippen molar-refractivity contribution in [1.82, 2.24) is 10.3 Å². The zero-order valence-electron chi connectivity index (χ0n) is 19.3. The fourth-order valence-corrected chi connectivity index (χ4v) is 4.37. The number of nitrogens with one attached hydrogen (secondary N) is 2. The van der Waals surface area contributed by atoms with E-state index in [2.05, 4.69) is 31.5 Å². The molecule has 9 nitrogen and oxygen atoms in total. The van der Waals surface area contributed by atoms with E-state index in [1.807, 2.05) is 60.0 Å². The van der Waals surface area contributed by atoms with Crippen LogP contribution in [0.25, 0.3) is 11.3 Å². The third kappa shape index (κ3) is 7.45. The maximum absolute atomic E-state index is 13.2. The number of anilines is 1. The molecule has 0 aliphatic heterocycles. The van der Waals surface area contributed by atoms with Crippen LogP contribution in [-0.4, -0.2) is 27.9 Å². The molecule has 2 N–H and O–H groups in total. The van der Waals surface area contributed by atoms with Crippen molar-refractivity contribution in [2.75, 3.05) is 5.32 Å². The fraction of sp³-hybridized carbons (Fsp3) is 0.115. The summed E-state index contributed by atoms with van der Waals surface area (Å²) in [6.07, 6.45) is -0.671. The Morgan fingerprint density at radius 3 is 2.38 bits per heavy atom. The molecule has 1 heterocycles. The first kappa shape index (κ1) is 26.0. The van der Waals surface area contributed by atoms with Crippen LogP contribution in [0, 0.1) is 10.1 Å². The third-order valence-electron chi connectivity index (χ3n) is 5.28. The van der Waals surface area contributed by atoms with Gasteiger partial charge in [0, 0.05) is 34.0 Å². The Morgan fingerprint density at radius 2 is 1.70 bits per heavy atom. The molecule has 0 radical (unpaired) electrons. The van der Waals surface area contributed by atoms with Crippen LogP contribution in [0.4, 0.5) is 15.6 Å². The molecule has 4 rings (SSSR count). The molecule has 3 aromatic carbocycles. The Labute approximate surface area is 224 Å². The maximum Gasteiger partial charge on any atom is 0.408 e. The lowest BCUT2D eigenvalue weighted by Crippen LogP contribution is -2.45. The maximum atomic E-state index is 13.2. The minimum Gasteiger partial charge on any atom is -0.445 e. The van der Waals surface area contributed by atoms with E-state index in [-0.39, 0.29) is 18.7 Å². The summed E-state index contributed by atoms with van der Waals surface area (Å²) in [4.78, 5) is 40.6. The molecule has 37 heavy (non-hydrogen) atoms. The van der Waals surface area contributed by atoms with E-state index >= 15 is 0 Å². The van der Waals surface area contributed by atoms with Crippen molar-refractivity contribution in [3.05, 3.63) is 110 Å². The Hall–Kier alpha value is -4.09. The van der Waals surface area contributed by atoms with Gasteiger partial charge in [0.25, 0.3) is 5.69 Å². The van der Waals surface area contributed by atoms with Crippen LogP contribution >= 0.6 is 27.3 Å². The molecule has 4 aromatic rings. The smallest absolute Gasteiger partial charge is 0.408 e. The Kier molecular flexibility index (Phi) is 8.60. The first-order valence-corrected chi connectivity index (χ1v) is 12.8. The Morgan fingerprint density at radius 1 is 1.00 bits per heavy atom. The minimum absolute atomic E-state index is 0.0432. The van der Waals surface area contributed by atoms with E-state index in [1.165, 1.54) is 23.5 Å². The zero-order chi connectivity index (χ0) is 26.2. The van der Waals surface area contributed by atoms with Gasteiger partial charge in [-0.2, -0.15) is 0 Å². The number of rotatable bonds is 9. The van der Waals surface area contributed by atoms with Crippen LogP contribution in [0.3, 0.4) is 0 Å². The number of nitro benzene ring substituents is 1. The van der Waals surface area contributed by atoms with Crippen LogP contribution in [0.15, 0.2) is 88.7 Å². The van der Waals surface area contributed by atoms with Crippen LogP contribution in [0.1, 0.15) is 11.1 Å². The van der Waals surface area contributed by atoms with Gasteiger partial charge in [-0.05, 0) is 23.3 Å². The molecule has 0 aliphatic rings. The number of amides is 2. The number of non-ortho nitro benzene ring substituents is 1. The van der Waals surface area contributed by atoms with Crippen molar-refractivity contribution in [3.63, 3.8) is 0 Å². The van der Waals surface area contributed by atoms with E-state index in [1.54, 1.807) is 12.1 Å². The van der Waals surface area contributed by atoms with Crippen LogP contribution < -0.4 is 10.6 Å². The largest absolute Gasteiger partial charge is 0.445 e. The number of hydrogen-bond donors (Lipinski definition) is 2. The number of alkyl carbamates (subject to hydrolysis) is 1. The summed E-state index contributed by atoms with van der Waals surface area (Å²) in [5.41, 5.74) is 2.96. The lowest BCUT2D eigenvalue weighted by Gasteiger charge is -2.18. The van der Waals surface area contributed by atoms with Gasteiger partial charge >= 0.3 is 6.09 Å². The second-order valence-electron chi connectivity index (χ2n) is 7.92. The van der Waals surface area contributed by atoms with E-state index in [4.69, 9.17) is 4.74 Å². The molecule has 0 fully saturated rings. The summed E-state index contributed by atoms with van der Waals surface area (Å²) in [6, 6.07) is 21.6. The van der Waals surface area contributed by atoms with Gasteiger partial charge in [0.2, 0.25) is 5.91 Å². The standard InChI is InChI=1S/C26H21BrN4O5S/c27-20-10-8-19(9-11-20)23-16-37-25(28-23)30-24(32)22(14-17-6-12-21(13-7-17)31(34)35)29-26(33)36-15-18-4-2-1-3-5-18/h1-13,16,22H,14-15H2,(H,29,33)(H,28,30,32)/t22-/m0/s1. The first-order chi connectivity index (χ1) is 17.9. The number of thiazole rings is 1.